The van der Waals surface area contributed by atoms with Crippen LogP contribution in [0.2, 0.25) is 0 Å². The Kier molecular flexibility index (Phi) is 5.36. The van der Waals surface area contributed by atoms with E-state index in [-0.39, 0.29) is 17.0 Å². The van der Waals surface area contributed by atoms with Gasteiger partial charge < -0.3 is 14.4 Å². The Morgan fingerprint density at radius 1 is 1.03 bits per heavy atom. The summed E-state index contributed by atoms with van der Waals surface area (Å²) in [5.41, 5.74) is 1.76. The molecule has 0 N–H and O–H groups in total. The number of carbonyl (C=O) groups is 2. The summed E-state index contributed by atoms with van der Waals surface area (Å²) < 4.78 is 10.6. The lowest BCUT2D eigenvalue weighted by atomic mass is 10.1. The fraction of sp³-hybridized carbons (Fsp3) is 0.130. The molecule has 0 spiro atoms. The standard InChI is InChI=1S/C23H18N2O6/c1-30-23(27)16-7-9-20-15(13-16)11-12-24(20)22(26)19-14-17(25(28)29)8-10-21(19)31-18-5-3-2-4-6-18/h2-10,13-14H,11-12H2,1H3. The van der Waals surface area contributed by atoms with Crippen molar-refractivity contribution >= 4 is 23.3 Å². The number of nitrogens with zero attached hydrogens (tertiary/aromatic N) is 2. The average molecular weight is 418 g/mol. The molecule has 1 amide bonds. The summed E-state index contributed by atoms with van der Waals surface area (Å²) in [7, 11) is 1.31. The first kappa shape index (κ1) is 20.1. The van der Waals surface area contributed by atoms with Gasteiger partial charge in [-0.05, 0) is 48.4 Å². The smallest absolute Gasteiger partial charge is 0.337 e. The normalized spacial score (nSPS) is 12.2. The number of carbonyl (C=O) groups excluding carboxylic acids is 2. The number of benzene rings is 3. The number of nitro benzene ring substituents is 1. The molecule has 0 fully saturated rings. The van der Waals surface area contributed by atoms with Crippen molar-refractivity contribution in [2.45, 2.75) is 6.42 Å². The molecular weight excluding hydrogens is 400 g/mol. The van der Waals surface area contributed by atoms with Crippen LogP contribution < -0.4 is 9.64 Å². The monoisotopic (exact) mass is 418 g/mol. The van der Waals surface area contributed by atoms with E-state index in [1.807, 2.05) is 6.07 Å². The summed E-state index contributed by atoms with van der Waals surface area (Å²) in [6, 6.07) is 17.8. The Labute approximate surface area is 177 Å². The number of para-hydroxylation sites is 1. The molecule has 0 aliphatic carbocycles. The topological polar surface area (TPSA) is 99.0 Å². The van der Waals surface area contributed by atoms with Crippen molar-refractivity contribution in [2.24, 2.45) is 0 Å². The van der Waals surface area contributed by atoms with Gasteiger partial charge in [-0.1, -0.05) is 18.2 Å². The zero-order valence-corrected chi connectivity index (χ0v) is 16.6. The first-order valence-corrected chi connectivity index (χ1v) is 9.52. The number of esters is 1. The Balaban J connectivity index is 1.71. The van der Waals surface area contributed by atoms with Crippen LogP contribution in [0.25, 0.3) is 0 Å². The van der Waals surface area contributed by atoms with Crippen LogP contribution in [-0.2, 0) is 11.2 Å². The van der Waals surface area contributed by atoms with Gasteiger partial charge in [0, 0.05) is 24.4 Å². The van der Waals surface area contributed by atoms with Crippen molar-refractivity contribution in [3.63, 3.8) is 0 Å². The van der Waals surface area contributed by atoms with Gasteiger partial charge in [-0.25, -0.2) is 4.79 Å². The third-order valence-corrected chi connectivity index (χ3v) is 5.02. The van der Waals surface area contributed by atoms with Gasteiger partial charge in [-0.2, -0.15) is 0 Å². The number of anilines is 1. The summed E-state index contributed by atoms with van der Waals surface area (Å²) in [4.78, 5) is 37.5. The van der Waals surface area contributed by atoms with Gasteiger partial charge in [0.15, 0.2) is 0 Å². The van der Waals surface area contributed by atoms with Gasteiger partial charge in [-0.3, -0.25) is 14.9 Å². The molecule has 4 rings (SSSR count). The molecule has 0 aromatic heterocycles. The molecule has 0 unspecified atom stereocenters. The number of non-ortho nitro benzene ring substituents is 1. The second kappa shape index (κ2) is 8.27. The van der Waals surface area contributed by atoms with Gasteiger partial charge >= 0.3 is 5.97 Å². The van der Waals surface area contributed by atoms with E-state index in [0.29, 0.717) is 30.0 Å². The minimum atomic E-state index is -0.552. The maximum Gasteiger partial charge on any atom is 0.337 e. The van der Waals surface area contributed by atoms with E-state index in [4.69, 9.17) is 9.47 Å². The van der Waals surface area contributed by atoms with E-state index >= 15 is 0 Å². The lowest BCUT2D eigenvalue weighted by Gasteiger charge is -2.19. The third-order valence-electron chi connectivity index (χ3n) is 5.02. The number of hydrogen-bond donors (Lipinski definition) is 0. The van der Waals surface area contributed by atoms with Crippen LogP contribution in [-0.4, -0.2) is 30.5 Å². The van der Waals surface area contributed by atoms with Gasteiger partial charge in [-0.15, -0.1) is 0 Å². The fourth-order valence-electron chi connectivity index (χ4n) is 3.51. The van der Waals surface area contributed by atoms with Gasteiger partial charge in [0.25, 0.3) is 11.6 Å². The van der Waals surface area contributed by atoms with E-state index in [2.05, 4.69) is 0 Å². The number of fused-ring (bicyclic) bond motifs is 1. The second-order valence-electron chi connectivity index (χ2n) is 6.89. The Bertz CT molecular complexity index is 1180. The molecule has 1 aliphatic heterocycles. The number of amides is 1. The van der Waals surface area contributed by atoms with E-state index in [9.17, 15) is 19.7 Å². The number of nitro groups is 1. The molecule has 31 heavy (non-hydrogen) atoms. The van der Waals surface area contributed by atoms with Crippen LogP contribution in [0, 0.1) is 10.1 Å². The highest BCUT2D eigenvalue weighted by Crippen LogP contribution is 2.34. The molecular formula is C23H18N2O6. The predicted molar refractivity (Wildman–Crippen MR) is 113 cm³/mol. The quantitative estimate of drug-likeness (QED) is 0.346. The zero-order chi connectivity index (χ0) is 22.0. The second-order valence-corrected chi connectivity index (χ2v) is 6.89. The lowest BCUT2D eigenvalue weighted by molar-refractivity contribution is -0.384. The summed E-state index contributed by atoms with van der Waals surface area (Å²) in [6.07, 6.45) is 0.551. The highest BCUT2D eigenvalue weighted by molar-refractivity contribution is 6.09. The maximum absolute atomic E-state index is 13.4. The average Bonchev–Trinajstić information content (AvgIpc) is 3.22. The molecule has 156 valence electrons. The molecule has 0 atom stereocenters. The number of methoxy groups -OCH3 is 1. The largest absolute Gasteiger partial charge is 0.465 e. The first-order chi connectivity index (χ1) is 15.0. The Morgan fingerprint density at radius 2 is 1.81 bits per heavy atom. The molecule has 3 aromatic carbocycles. The van der Waals surface area contributed by atoms with Crippen molar-refractivity contribution in [1.29, 1.82) is 0 Å². The van der Waals surface area contributed by atoms with Crippen molar-refractivity contribution in [3.05, 3.63) is 93.5 Å². The Hall–Kier alpha value is -4.20. The van der Waals surface area contributed by atoms with Gasteiger partial charge in [0.2, 0.25) is 0 Å². The van der Waals surface area contributed by atoms with E-state index in [1.54, 1.807) is 42.5 Å². The maximum atomic E-state index is 13.4. The fourth-order valence-corrected chi connectivity index (χ4v) is 3.51. The van der Waals surface area contributed by atoms with Crippen LogP contribution in [0.5, 0.6) is 11.5 Å². The van der Waals surface area contributed by atoms with E-state index in [0.717, 1.165) is 5.56 Å². The molecule has 0 bridgehead atoms. The summed E-state index contributed by atoms with van der Waals surface area (Å²) in [6.45, 7) is 0.381. The number of rotatable bonds is 5. The van der Waals surface area contributed by atoms with Crippen molar-refractivity contribution in [2.75, 3.05) is 18.6 Å². The summed E-state index contributed by atoms with van der Waals surface area (Å²) >= 11 is 0. The molecule has 1 heterocycles. The number of ether oxygens (including phenoxy) is 2. The molecule has 8 heteroatoms. The summed E-state index contributed by atoms with van der Waals surface area (Å²) in [5.74, 6) is -0.139. The van der Waals surface area contributed by atoms with Crippen LogP contribution in [0.4, 0.5) is 11.4 Å². The minimum Gasteiger partial charge on any atom is -0.465 e. The van der Waals surface area contributed by atoms with Crippen LogP contribution >= 0.6 is 0 Å². The summed E-state index contributed by atoms with van der Waals surface area (Å²) in [5, 5.41) is 11.3. The predicted octanol–water partition coefficient (Wildman–Crippen LogP) is 4.38. The van der Waals surface area contributed by atoms with Crippen LogP contribution in [0.1, 0.15) is 26.3 Å². The zero-order valence-electron chi connectivity index (χ0n) is 16.6. The van der Waals surface area contributed by atoms with Crippen LogP contribution in [0.15, 0.2) is 66.7 Å². The Morgan fingerprint density at radius 3 is 2.52 bits per heavy atom. The van der Waals surface area contributed by atoms with Gasteiger partial charge in [0.05, 0.1) is 23.2 Å². The highest BCUT2D eigenvalue weighted by Gasteiger charge is 2.29. The third kappa shape index (κ3) is 3.95. The van der Waals surface area contributed by atoms with E-state index < -0.39 is 16.8 Å². The van der Waals surface area contributed by atoms with Crippen molar-refractivity contribution in [3.8, 4) is 11.5 Å². The molecule has 0 saturated heterocycles. The molecule has 8 nitrogen and oxygen atoms in total. The first-order valence-electron chi connectivity index (χ1n) is 9.52. The van der Waals surface area contributed by atoms with E-state index in [1.165, 1.54) is 30.2 Å². The molecule has 0 radical (unpaired) electrons. The molecule has 1 aliphatic rings. The molecule has 0 saturated carbocycles. The SMILES string of the molecule is COC(=O)c1ccc2c(c1)CCN2C(=O)c1cc([N+](=O)[O-])ccc1Oc1ccccc1. The number of hydrogen-bond acceptors (Lipinski definition) is 6. The lowest BCUT2D eigenvalue weighted by Crippen LogP contribution is -2.29. The van der Waals surface area contributed by atoms with Crippen molar-refractivity contribution in [1.82, 2.24) is 0 Å². The minimum absolute atomic E-state index is 0.0861. The van der Waals surface area contributed by atoms with Crippen molar-refractivity contribution < 1.29 is 24.0 Å². The van der Waals surface area contributed by atoms with Crippen LogP contribution in [0.3, 0.4) is 0 Å². The molecule has 3 aromatic rings. The highest BCUT2D eigenvalue weighted by atomic mass is 16.6. The van der Waals surface area contributed by atoms with Gasteiger partial charge in [0.1, 0.15) is 11.5 Å².